The molecule has 0 aliphatic rings. The summed E-state index contributed by atoms with van der Waals surface area (Å²) in [5.74, 6) is -1.85. The number of nitro benzene ring substituents is 1. The lowest BCUT2D eigenvalue weighted by atomic mass is 10.1. The molecular formula is C12H12N4O5. The van der Waals surface area contributed by atoms with Crippen LogP contribution >= 0.6 is 0 Å². The van der Waals surface area contributed by atoms with E-state index in [9.17, 15) is 19.7 Å². The van der Waals surface area contributed by atoms with E-state index < -0.39 is 22.8 Å². The molecule has 9 nitrogen and oxygen atoms in total. The number of hydrogen-bond donors (Lipinski definition) is 3. The van der Waals surface area contributed by atoms with E-state index in [4.69, 9.17) is 5.11 Å². The van der Waals surface area contributed by atoms with Gasteiger partial charge in [0.15, 0.2) is 5.69 Å². The summed E-state index contributed by atoms with van der Waals surface area (Å²) < 4.78 is 0. The Balaban J connectivity index is 2.37. The second-order valence-corrected chi connectivity index (χ2v) is 4.33. The minimum atomic E-state index is -1.16. The Kier molecular flexibility index (Phi) is 3.83. The summed E-state index contributed by atoms with van der Waals surface area (Å²) >= 11 is 0. The molecule has 0 aliphatic heterocycles. The first-order valence-electron chi connectivity index (χ1n) is 6.10. The van der Waals surface area contributed by atoms with Crippen LogP contribution in [0.2, 0.25) is 0 Å². The van der Waals surface area contributed by atoms with E-state index in [2.05, 4.69) is 15.5 Å². The highest BCUT2D eigenvalue weighted by molar-refractivity contribution is 6.06. The number of non-ortho nitro benzene ring substituents is 1. The Hall–Kier alpha value is -2.97. The third-order valence-corrected chi connectivity index (χ3v) is 2.98. The van der Waals surface area contributed by atoms with Crippen LogP contribution in [0.25, 0.3) is 10.9 Å². The van der Waals surface area contributed by atoms with Gasteiger partial charge in [-0.1, -0.05) is 6.92 Å². The van der Waals surface area contributed by atoms with Gasteiger partial charge in [-0.25, -0.2) is 4.79 Å². The topological polar surface area (TPSA) is 138 Å². The number of nitrogens with one attached hydrogen (secondary N) is 2. The van der Waals surface area contributed by atoms with Gasteiger partial charge in [0.1, 0.15) is 6.04 Å². The molecule has 110 valence electrons. The number of carboxylic acids is 1. The predicted octanol–water partition coefficient (Wildman–Crippen LogP) is 1.06. The minimum absolute atomic E-state index is 0.0756. The van der Waals surface area contributed by atoms with Gasteiger partial charge >= 0.3 is 5.97 Å². The highest BCUT2D eigenvalue weighted by atomic mass is 16.6. The molecule has 1 atom stereocenters. The third-order valence-electron chi connectivity index (χ3n) is 2.98. The van der Waals surface area contributed by atoms with Crippen LogP contribution in [0.4, 0.5) is 5.69 Å². The van der Waals surface area contributed by atoms with Crippen molar-refractivity contribution in [3.8, 4) is 0 Å². The number of carbonyl (C=O) groups is 2. The molecule has 0 saturated carbocycles. The molecule has 0 spiro atoms. The number of carbonyl (C=O) groups excluding carboxylic acids is 1. The van der Waals surface area contributed by atoms with Gasteiger partial charge in [-0.05, 0) is 12.5 Å². The zero-order valence-corrected chi connectivity index (χ0v) is 11.0. The van der Waals surface area contributed by atoms with E-state index in [0.29, 0.717) is 5.52 Å². The molecule has 3 N–H and O–H groups in total. The fraction of sp³-hybridized carbons (Fsp3) is 0.250. The number of H-pyrrole nitrogens is 1. The molecule has 0 saturated heterocycles. The summed E-state index contributed by atoms with van der Waals surface area (Å²) in [5, 5.41) is 28.6. The summed E-state index contributed by atoms with van der Waals surface area (Å²) in [7, 11) is 0. The van der Waals surface area contributed by atoms with Gasteiger partial charge in [0.2, 0.25) is 0 Å². The number of rotatable bonds is 5. The second kappa shape index (κ2) is 5.57. The molecule has 2 aromatic rings. The van der Waals surface area contributed by atoms with Crippen LogP contribution in [0.1, 0.15) is 23.8 Å². The van der Waals surface area contributed by atoms with Crippen molar-refractivity contribution in [2.24, 2.45) is 0 Å². The lowest BCUT2D eigenvalue weighted by molar-refractivity contribution is -0.384. The van der Waals surface area contributed by atoms with Crippen molar-refractivity contribution in [3.05, 3.63) is 34.0 Å². The number of carboxylic acid groups (broad SMARTS) is 1. The Morgan fingerprint density at radius 2 is 2.24 bits per heavy atom. The first kappa shape index (κ1) is 14.4. The van der Waals surface area contributed by atoms with Crippen LogP contribution in [0.3, 0.4) is 0 Å². The van der Waals surface area contributed by atoms with E-state index >= 15 is 0 Å². The van der Waals surface area contributed by atoms with E-state index in [0.717, 1.165) is 0 Å². The number of nitrogens with zero attached hydrogens (tertiary/aromatic N) is 2. The number of aromatic amines is 1. The molecule has 1 aromatic carbocycles. The van der Waals surface area contributed by atoms with E-state index in [1.54, 1.807) is 6.92 Å². The maximum Gasteiger partial charge on any atom is 0.326 e. The normalized spacial score (nSPS) is 12.0. The maximum absolute atomic E-state index is 12.0. The van der Waals surface area contributed by atoms with Crippen molar-refractivity contribution < 1.29 is 19.6 Å². The van der Waals surface area contributed by atoms with Gasteiger partial charge in [0.25, 0.3) is 11.6 Å². The van der Waals surface area contributed by atoms with Crippen LogP contribution in [0.15, 0.2) is 18.2 Å². The highest BCUT2D eigenvalue weighted by Gasteiger charge is 2.22. The quantitative estimate of drug-likeness (QED) is 0.556. The molecule has 21 heavy (non-hydrogen) atoms. The first-order chi connectivity index (χ1) is 9.93. The van der Waals surface area contributed by atoms with Crippen LogP contribution in [0, 0.1) is 10.1 Å². The molecule has 2 rings (SSSR count). The number of fused-ring (bicyclic) bond motifs is 1. The summed E-state index contributed by atoms with van der Waals surface area (Å²) in [4.78, 5) is 33.1. The van der Waals surface area contributed by atoms with Gasteiger partial charge in [-0.2, -0.15) is 5.10 Å². The van der Waals surface area contributed by atoms with E-state index in [1.807, 2.05) is 0 Å². The van der Waals surface area contributed by atoms with Crippen LogP contribution in [-0.2, 0) is 4.79 Å². The summed E-state index contributed by atoms with van der Waals surface area (Å²) in [5.41, 5.74) is 0.200. The number of hydrogen-bond acceptors (Lipinski definition) is 5. The lowest BCUT2D eigenvalue weighted by Gasteiger charge is -2.10. The van der Waals surface area contributed by atoms with Gasteiger partial charge < -0.3 is 10.4 Å². The average Bonchev–Trinajstić information content (AvgIpc) is 2.86. The van der Waals surface area contributed by atoms with Crippen LogP contribution in [0.5, 0.6) is 0 Å². The molecular weight excluding hydrogens is 280 g/mol. The van der Waals surface area contributed by atoms with Gasteiger partial charge in [0, 0.05) is 17.5 Å². The Labute approximate surface area is 118 Å². The van der Waals surface area contributed by atoms with Crippen molar-refractivity contribution in [1.82, 2.24) is 15.5 Å². The van der Waals surface area contributed by atoms with Crippen molar-refractivity contribution in [3.63, 3.8) is 0 Å². The minimum Gasteiger partial charge on any atom is -0.480 e. The summed E-state index contributed by atoms with van der Waals surface area (Å²) in [6.45, 7) is 1.62. The molecule has 1 amide bonds. The number of nitro groups is 1. The number of aromatic nitrogens is 2. The molecule has 0 bridgehead atoms. The fourth-order valence-corrected chi connectivity index (χ4v) is 1.85. The highest BCUT2D eigenvalue weighted by Crippen LogP contribution is 2.22. The molecule has 1 aromatic heterocycles. The third kappa shape index (κ3) is 2.81. The molecule has 0 aliphatic carbocycles. The Morgan fingerprint density at radius 3 is 2.81 bits per heavy atom. The largest absolute Gasteiger partial charge is 0.480 e. The lowest BCUT2D eigenvalue weighted by Crippen LogP contribution is -2.40. The maximum atomic E-state index is 12.0. The molecule has 0 radical (unpaired) electrons. The van der Waals surface area contributed by atoms with E-state index in [1.165, 1.54) is 18.2 Å². The zero-order valence-electron chi connectivity index (χ0n) is 11.0. The SMILES string of the molecule is CCC(NC(=O)c1n[nH]c2ccc([N+](=O)[O-])cc12)C(=O)O. The molecule has 0 fully saturated rings. The Bertz CT molecular complexity index is 724. The number of benzene rings is 1. The number of aliphatic carboxylic acids is 1. The van der Waals surface area contributed by atoms with Crippen molar-refractivity contribution in [2.75, 3.05) is 0 Å². The van der Waals surface area contributed by atoms with Crippen molar-refractivity contribution in [2.45, 2.75) is 19.4 Å². The average molecular weight is 292 g/mol. The monoisotopic (exact) mass is 292 g/mol. The molecule has 1 heterocycles. The van der Waals surface area contributed by atoms with Gasteiger partial charge in [-0.3, -0.25) is 20.0 Å². The standard InChI is InChI=1S/C12H12N4O5/c1-2-8(12(18)19)13-11(17)10-7-5-6(16(20)21)3-4-9(7)14-15-10/h3-5,8H,2H2,1H3,(H,13,17)(H,14,15)(H,18,19). The molecule has 9 heteroatoms. The van der Waals surface area contributed by atoms with Crippen LogP contribution in [-0.4, -0.2) is 38.1 Å². The van der Waals surface area contributed by atoms with E-state index in [-0.39, 0.29) is 23.2 Å². The smallest absolute Gasteiger partial charge is 0.326 e. The number of amides is 1. The van der Waals surface area contributed by atoms with Crippen molar-refractivity contribution >= 4 is 28.5 Å². The Morgan fingerprint density at radius 1 is 1.52 bits per heavy atom. The van der Waals surface area contributed by atoms with Crippen molar-refractivity contribution in [1.29, 1.82) is 0 Å². The van der Waals surface area contributed by atoms with Gasteiger partial charge in [0.05, 0.1) is 10.4 Å². The molecule has 1 unspecified atom stereocenters. The fourth-order valence-electron chi connectivity index (χ4n) is 1.85. The summed E-state index contributed by atoms with van der Waals surface area (Å²) in [6, 6.07) is 2.90. The zero-order chi connectivity index (χ0) is 15.6. The predicted molar refractivity (Wildman–Crippen MR) is 71.9 cm³/mol. The summed E-state index contributed by atoms with van der Waals surface area (Å²) in [6.07, 6.45) is 0.212. The first-order valence-corrected chi connectivity index (χ1v) is 6.10. The second-order valence-electron chi connectivity index (χ2n) is 4.33. The van der Waals surface area contributed by atoms with Gasteiger partial charge in [-0.15, -0.1) is 0 Å². The van der Waals surface area contributed by atoms with Crippen LogP contribution < -0.4 is 5.32 Å².